The van der Waals surface area contributed by atoms with Gasteiger partial charge in [-0.3, -0.25) is 4.48 Å². The van der Waals surface area contributed by atoms with Crippen molar-refractivity contribution in [3.63, 3.8) is 0 Å². The largest absolute Gasteiger partial charge is 1.00 e. The Morgan fingerprint density at radius 1 is 0.500 bits per heavy atom. The number of hydrogen-bond acceptors (Lipinski definition) is 3. The molecule has 0 aliphatic heterocycles. The molecular weight excluding hydrogens is 465 g/mol. The Morgan fingerprint density at radius 3 is 1.06 bits per heavy atom. The second-order valence-electron chi connectivity index (χ2n) is 8.70. The smallest absolute Gasteiger partial charge is 0.313 e. The van der Waals surface area contributed by atoms with Gasteiger partial charge in [0.05, 0.1) is 26.1 Å². The van der Waals surface area contributed by atoms with Gasteiger partial charge in [-0.25, -0.2) is 4.79 Å². The molecule has 0 aromatic heterocycles. The molecule has 0 aromatic rings. The Bertz CT molecular complexity index is 331. The third-order valence-corrected chi connectivity index (χ3v) is 5.98. The summed E-state index contributed by atoms with van der Waals surface area (Å²) in [5, 5.41) is 0. The molecule has 32 heavy (non-hydrogen) atoms. The second kappa shape index (κ2) is 33.6. The van der Waals surface area contributed by atoms with Crippen molar-refractivity contribution in [2.45, 2.75) is 137 Å². The van der Waals surface area contributed by atoms with Crippen molar-refractivity contribution in [2.75, 3.05) is 19.6 Å². The highest BCUT2D eigenvalue weighted by molar-refractivity contribution is 5.85. The predicted octanol–water partition coefficient (Wildman–Crippen LogP) is 6.21. The number of hydrogen-bond donors (Lipinski definition) is 2. The quantitative estimate of drug-likeness (QED) is 0.146. The highest BCUT2D eigenvalue weighted by Gasteiger charge is 2.33. The zero-order valence-corrected chi connectivity index (χ0v) is 24.5. The van der Waals surface area contributed by atoms with Crippen molar-refractivity contribution in [1.82, 2.24) is 12.3 Å². The van der Waals surface area contributed by atoms with Crippen LogP contribution in [0, 0.1) is 0 Å². The first kappa shape index (κ1) is 45.9. The molecule has 7 heteroatoms. The van der Waals surface area contributed by atoms with Crippen LogP contribution in [0.4, 0.5) is 0 Å². The Labute approximate surface area is 220 Å². The molecule has 0 atom stereocenters. The first-order valence-corrected chi connectivity index (χ1v) is 12.6. The highest BCUT2D eigenvalue weighted by Crippen LogP contribution is 2.18. The van der Waals surface area contributed by atoms with Crippen LogP contribution in [0.1, 0.15) is 137 Å². The van der Waals surface area contributed by atoms with Crippen molar-refractivity contribution in [1.29, 1.82) is 0 Å². The topological polar surface area (TPSA) is 87.1 Å². The van der Waals surface area contributed by atoms with Crippen LogP contribution in [-0.4, -0.2) is 30.0 Å². The summed E-state index contributed by atoms with van der Waals surface area (Å²) >= 11 is 0. The van der Waals surface area contributed by atoms with E-state index in [1.54, 1.807) is 0 Å². The molecule has 6 N–H and O–H groups in total. The molecule has 0 aromatic carbocycles. The average Bonchev–Trinajstić information content (AvgIpc) is 2.65. The van der Waals surface area contributed by atoms with Crippen molar-refractivity contribution in [2.24, 2.45) is 0 Å². The summed E-state index contributed by atoms with van der Waals surface area (Å²) in [5.41, 5.74) is 0. The molecule has 0 unspecified atom stereocenters. The molecule has 0 fully saturated rings. The molecule has 0 bridgehead atoms. The molecule has 0 saturated heterocycles. The van der Waals surface area contributed by atoms with Gasteiger partial charge in [0.2, 0.25) is 0 Å². The Balaban J connectivity index is -0.000000338. The fourth-order valence-corrected chi connectivity index (χ4v) is 4.52. The summed E-state index contributed by atoms with van der Waals surface area (Å²) in [6, 6.07) is 0. The summed E-state index contributed by atoms with van der Waals surface area (Å²) in [4.78, 5) is 12.9. The maximum Gasteiger partial charge on any atom is 0.313 e. The van der Waals surface area contributed by atoms with E-state index in [0.29, 0.717) is 5.91 Å². The van der Waals surface area contributed by atoms with E-state index in [9.17, 15) is 4.79 Å². The Morgan fingerprint density at radius 2 is 0.781 bits per heavy atom. The number of carbonyl (C=O) groups excluding carboxylic acids is 1. The van der Waals surface area contributed by atoms with E-state index >= 15 is 0 Å². The van der Waals surface area contributed by atoms with Gasteiger partial charge >= 0.3 is 5.91 Å². The van der Waals surface area contributed by atoms with E-state index in [4.69, 9.17) is 0 Å². The van der Waals surface area contributed by atoms with Gasteiger partial charge in [0.1, 0.15) is 0 Å². The van der Waals surface area contributed by atoms with Crippen LogP contribution in [-0.2, 0) is 4.79 Å². The normalized spacial score (nSPS) is 10.0. The first-order valence-electron chi connectivity index (χ1n) is 12.6. The minimum Gasteiger partial charge on any atom is -1.00 e. The summed E-state index contributed by atoms with van der Waals surface area (Å²) in [6.07, 6.45) is 21.9. The lowest BCUT2D eigenvalue weighted by Crippen LogP contribution is -3.00. The van der Waals surface area contributed by atoms with Crippen molar-refractivity contribution in [3.05, 3.63) is 0 Å². The molecule has 0 aliphatic carbocycles. The minimum absolute atomic E-state index is 0. The lowest BCUT2D eigenvalue weighted by Gasteiger charge is -2.35. The summed E-state index contributed by atoms with van der Waals surface area (Å²) in [6.45, 7) is 12.1. The van der Waals surface area contributed by atoms with Gasteiger partial charge in [-0.05, 0) is 25.7 Å². The van der Waals surface area contributed by atoms with Gasteiger partial charge in [0.15, 0.2) is 0 Å². The molecule has 4 nitrogen and oxygen atoms in total. The SMILES string of the molecule is CCCCCCCCCCCCCCCC(=O)[N+](CCC)(CCC)CCC.Cl.Cl.N.N.[Cl-]. The second-order valence-corrected chi connectivity index (χ2v) is 8.70. The number of carbonyl (C=O) groups is 1. The summed E-state index contributed by atoms with van der Waals surface area (Å²) in [5.74, 6) is 0.517. The maximum atomic E-state index is 12.9. The van der Waals surface area contributed by atoms with E-state index in [2.05, 4.69) is 27.7 Å². The van der Waals surface area contributed by atoms with E-state index in [1.165, 1.54) is 77.0 Å². The molecule has 0 rings (SSSR count). The van der Waals surface area contributed by atoms with E-state index in [0.717, 1.165) is 56.2 Å². The van der Waals surface area contributed by atoms with Crippen LogP contribution in [0.2, 0.25) is 0 Å². The van der Waals surface area contributed by atoms with Crippen molar-refractivity contribution < 1.29 is 21.7 Å². The van der Waals surface area contributed by atoms with Gasteiger partial charge in [-0.2, -0.15) is 0 Å². The number of halogens is 3. The molecule has 1 amide bonds. The van der Waals surface area contributed by atoms with Crippen LogP contribution in [0.5, 0.6) is 0 Å². The monoisotopic (exact) mass is 523 g/mol. The zero-order chi connectivity index (χ0) is 20.2. The van der Waals surface area contributed by atoms with Crippen molar-refractivity contribution in [3.8, 4) is 0 Å². The van der Waals surface area contributed by atoms with Gasteiger partial charge in [0.25, 0.3) is 0 Å². The van der Waals surface area contributed by atoms with Crippen LogP contribution in [0.25, 0.3) is 0 Å². The van der Waals surface area contributed by atoms with E-state index < -0.39 is 0 Å². The number of nitrogens with zero attached hydrogens (tertiary/aromatic N) is 1. The third kappa shape index (κ3) is 23.6. The van der Waals surface area contributed by atoms with Crippen molar-refractivity contribution >= 4 is 30.7 Å². The minimum atomic E-state index is 0. The molecule has 202 valence electrons. The van der Waals surface area contributed by atoms with Gasteiger partial charge in [0, 0.05) is 0 Å². The first-order chi connectivity index (χ1) is 13.2. The zero-order valence-electron chi connectivity index (χ0n) is 22.1. The fourth-order valence-electron chi connectivity index (χ4n) is 4.52. The maximum absolute atomic E-state index is 12.9. The standard InChI is InChI=1S/C25H52NO.3ClH.2H3N/c1-5-9-10-11-12-13-14-15-16-17-18-19-20-21-25(27)26(22-6-2,23-7-3)24-8-4;;;;;/h5-24H2,1-4H3;3*1H;2*1H3/q+1;;;;;/p-1. The molecule has 0 spiro atoms. The van der Waals surface area contributed by atoms with Crippen LogP contribution in [0.15, 0.2) is 0 Å². The lowest BCUT2D eigenvalue weighted by molar-refractivity contribution is -0.855. The summed E-state index contributed by atoms with van der Waals surface area (Å²) in [7, 11) is 0. The molecule has 0 heterocycles. The molecule has 0 aliphatic rings. The fraction of sp³-hybridized carbons (Fsp3) is 0.960. The number of rotatable bonds is 20. The summed E-state index contributed by atoms with van der Waals surface area (Å²) < 4.78 is 0.752. The lowest BCUT2D eigenvalue weighted by atomic mass is 10.0. The highest BCUT2D eigenvalue weighted by atomic mass is 35.5. The average molecular weight is 525 g/mol. The predicted molar refractivity (Wildman–Crippen MR) is 146 cm³/mol. The van der Waals surface area contributed by atoms with Gasteiger partial charge in [-0.15, -0.1) is 24.8 Å². The van der Waals surface area contributed by atoms with Crippen LogP contribution < -0.4 is 24.7 Å². The molecule has 0 radical (unpaired) electrons. The van der Waals surface area contributed by atoms with Crippen LogP contribution >= 0.6 is 24.8 Å². The molecular formula is C25H60Cl3N3O. The number of amides is 1. The number of quaternary nitrogens is 1. The van der Waals surface area contributed by atoms with E-state index in [1.807, 2.05) is 0 Å². The van der Waals surface area contributed by atoms with Gasteiger partial charge < -0.3 is 24.7 Å². The van der Waals surface area contributed by atoms with Gasteiger partial charge in [-0.1, -0.05) is 105 Å². The third-order valence-electron chi connectivity index (χ3n) is 5.98. The Hall–Kier alpha value is 0.420. The van der Waals surface area contributed by atoms with Crippen LogP contribution in [0.3, 0.4) is 0 Å². The molecule has 0 saturated carbocycles. The van der Waals surface area contributed by atoms with E-state index in [-0.39, 0.29) is 49.5 Å². The Kier molecular flexibility index (Phi) is 48.1. The number of unbranched alkanes of at least 4 members (excludes halogenated alkanes) is 12.